The predicted octanol–water partition coefficient (Wildman–Crippen LogP) is 3.79. The highest BCUT2D eigenvalue weighted by Gasteiger charge is 2.44. The van der Waals surface area contributed by atoms with Gasteiger partial charge in [-0.1, -0.05) is 31.0 Å². The Morgan fingerprint density at radius 1 is 1.28 bits per heavy atom. The Labute approximate surface area is 152 Å². The van der Waals surface area contributed by atoms with Gasteiger partial charge in [-0.15, -0.1) is 12.4 Å². The van der Waals surface area contributed by atoms with E-state index in [0.29, 0.717) is 30.9 Å². The minimum absolute atomic E-state index is 0. The lowest BCUT2D eigenvalue weighted by Gasteiger charge is -2.29. The molecule has 2 saturated carbocycles. The lowest BCUT2D eigenvalue weighted by Crippen LogP contribution is -2.47. The van der Waals surface area contributed by atoms with Crippen LogP contribution in [0.1, 0.15) is 49.7 Å². The van der Waals surface area contributed by atoms with Crippen LogP contribution >= 0.6 is 12.4 Å². The fourth-order valence-corrected chi connectivity index (χ4v) is 3.69. The van der Waals surface area contributed by atoms with Crippen molar-refractivity contribution in [2.75, 3.05) is 6.54 Å². The Kier molecular flexibility index (Phi) is 6.05. The highest BCUT2D eigenvalue weighted by molar-refractivity contribution is 5.88. The SMILES string of the molecule is Cl.NC(CNC(=O)C1(c2cccc(C(F)(F)F)c2)CCCC1)C1CC1. The van der Waals surface area contributed by atoms with Gasteiger partial charge in [0, 0.05) is 12.6 Å². The molecule has 140 valence electrons. The summed E-state index contributed by atoms with van der Waals surface area (Å²) in [5.74, 6) is 0.286. The monoisotopic (exact) mass is 376 g/mol. The number of nitrogens with one attached hydrogen (secondary N) is 1. The van der Waals surface area contributed by atoms with Crippen molar-refractivity contribution in [1.82, 2.24) is 5.32 Å². The lowest BCUT2D eigenvalue weighted by molar-refractivity contribution is -0.138. The van der Waals surface area contributed by atoms with Crippen molar-refractivity contribution >= 4 is 18.3 Å². The second-order valence-corrected chi connectivity index (χ2v) is 7.08. The first-order valence-corrected chi connectivity index (χ1v) is 8.54. The molecule has 1 unspecified atom stereocenters. The summed E-state index contributed by atoms with van der Waals surface area (Å²) in [6, 6.07) is 5.15. The minimum atomic E-state index is -4.40. The van der Waals surface area contributed by atoms with Crippen molar-refractivity contribution in [2.24, 2.45) is 11.7 Å². The zero-order valence-electron chi connectivity index (χ0n) is 13.9. The fraction of sp³-hybridized carbons (Fsp3) is 0.611. The van der Waals surface area contributed by atoms with Crippen LogP contribution in [-0.4, -0.2) is 18.5 Å². The summed E-state index contributed by atoms with van der Waals surface area (Å²) >= 11 is 0. The molecule has 1 atom stereocenters. The summed E-state index contributed by atoms with van der Waals surface area (Å²) in [6.45, 7) is 0.393. The van der Waals surface area contributed by atoms with Crippen LogP contribution < -0.4 is 11.1 Å². The first kappa shape index (κ1) is 20.0. The summed E-state index contributed by atoms with van der Waals surface area (Å²) in [5.41, 5.74) is 4.93. The van der Waals surface area contributed by atoms with E-state index in [1.165, 1.54) is 6.07 Å². The topological polar surface area (TPSA) is 55.1 Å². The molecule has 2 aliphatic rings. The predicted molar refractivity (Wildman–Crippen MR) is 92.5 cm³/mol. The molecular weight excluding hydrogens is 353 g/mol. The Balaban J connectivity index is 0.00000225. The maximum absolute atomic E-state index is 13.0. The third-order valence-electron chi connectivity index (χ3n) is 5.36. The van der Waals surface area contributed by atoms with Crippen LogP contribution in [0.3, 0.4) is 0 Å². The Hall–Kier alpha value is -1.27. The molecule has 25 heavy (non-hydrogen) atoms. The van der Waals surface area contributed by atoms with E-state index < -0.39 is 17.2 Å². The van der Waals surface area contributed by atoms with E-state index in [4.69, 9.17) is 5.73 Å². The summed E-state index contributed by atoms with van der Waals surface area (Å²) < 4.78 is 39.0. The highest BCUT2D eigenvalue weighted by Crippen LogP contribution is 2.43. The smallest absolute Gasteiger partial charge is 0.354 e. The number of amides is 1. The molecule has 0 heterocycles. The molecule has 1 aromatic rings. The summed E-state index contributed by atoms with van der Waals surface area (Å²) in [7, 11) is 0. The van der Waals surface area contributed by atoms with Crippen molar-refractivity contribution in [3.05, 3.63) is 35.4 Å². The zero-order valence-corrected chi connectivity index (χ0v) is 14.8. The van der Waals surface area contributed by atoms with Crippen LogP contribution in [0.5, 0.6) is 0 Å². The number of rotatable bonds is 5. The molecule has 7 heteroatoms. The van der Waals surface area contributed by atoms with Gasteiger partial charge in [0.2, 0.25) is 5.91 Å². The van der Waals surface area contributed by atoms with Gasteiger partial charge in [0.1, 0.15) is 0 Å². The van der Waals surface area contributed by atoms with Crippen LogP contribution in [0, 0.1) is 5.92 Å². The normalized spacial score (nSPS) is 20.6. The molecule has 0 bridgehead atoms. The van der Waals surface area contributed by atoms with E-state index in [1.807, 2.05) is 0 Å². The number of nitrogens with two attached hydrogens (primary N) is 1. The standard InChI is InChI=1S/C18H23F3N2O.ClH/c19-18(20,21)14-5-3-4-13(10-14)17(8-1-2-9-17)16(24)23-11-15(22)12-6-7-12;/h3-5,10,12,15H,1-2,6-9,11,22H2,(H,23,24);1H. The molecule has 2 aliphatic carbocycles. The van der Waals surface area contributed by atoms with Crippen LogP contribution in [0.25, 0.3) is 0 Å². The van der Waals surface area contributed by atoms with Gasteiger partial charge in [0.15, 0.2) is 0 Å². The van der Waals surface area contributed by atoms with Gasteiger partial charge in [-0.2, -0.15) is 13.2 Å². The van der Waals surface area contributed by atoms with E-state index in [2.05, 4.69) is 5.32 Å². The molecule has 3 nitrogen and oxygen atoms in total. The van der Waals surface area contributed by atoms with Crippen molar-refractivity contribution < 1.29 is 18.0 Å². The Morgan fingerprint density at radius 2 is 1.92 bits per heavy atom. The first-order chi connectivity index (χ1) is 11.3. The van der Waals surface area contributed by atoms with E-state index in [9.17, 15) is 18.0 Å². The Bertz CT molecular complexity index is 611. The van der Waals surface area contributed by atoms with E-state index >= 15 is 0 Å². The van der Waals surface area contributed by atoms with Crippen molar-refractivity contribution in [1.29, 1.82) is 0 Å². The largest absolute Gasteiger partial charge is 0.416 e. The fourth-order valence-electron chi connectivity index (χ4n) is 3.69. The van der Waals surface area contributed by atoms with Crippen molar-refractivity contribution in [2.45, 2.75) is 56.2 Å². The van der Waals surface area contributed by atoms with Crippen LogP contribution in [0.2, 0.25) is 0 Å². The number of hydrogen-bond donors (Lipinski definition) is 2. The maximum atomic E-state index is 13.0. The second kappa shape index (κ2) is 7.54. The average Bonchev–Trinajstić information content (AvgIpc) is 3.28. The minimum Gasteiger partial charge on any atom is -0.354 e. The number of alkyl halides is 3. The van der Waals surface area contributed by atoms with Gasteiger partial charge in [0.05, 0.1) is 11.0 Å². The third-order valence-corrected chi connectivity index (χ3v) is 5.36. The molecule has 3 rings (SSSR count). The van der Waals surface area contributed by atoms with Crippen LogP contribution in [0.4, 0.5) is 13.2 Å². The highest BCUT2D eigenvalue weighted by atomic mass is 35.5. The molecule has 3 N–H and O–H groups in total. The van der Waals surface area contributed by atoms with E-state index in [1.54, 1.807) is 6.07 Å². The zero-order chi connectivity index (χ0) is 17.4. The molecule has 1 amide bonds. The molecule has 0 spiro atoms. The summed E-state index contributed by atoms with van der Waals surface area (Å²) in [4.78, 5) is 12.8. The second-order valence-electron chi connectivity index (χ2n) is 7.08. The number of hydrogen-bond acceptors (Lipinski definition) is 2. The van der Waals surface area contributed by atoms with Crippen molar-refractivity contribution in [3.8, 4) is 0 Å². The van der Waals surface area contributed by atoms with Gasteiger partial charge in [-0.25, -0.2) is 0 Å². The quantitative estimate of drug-likeness (QED) is 0.821. The van der Waals surface area contributed by atoms with Crippen LogP contribution in [-0.2, 0) is 16.4 Å². The number of carbonyl (C=O) groups excluding carboxylic acids is 1. The molecule has 2 fully saturated rings. The molecule has 0 saturated heterocycles. The number of halogens is 4. The number of benzene rings is 1. The third kappa shape index (κ3) is 4.29. The van der Waals surface area contributed by atoms with Gasteiger partial charge in [-0.3, -0.25) is 4.79 Å². The molecule has 1 aromatic carbocycles. The molecule has 0 aromatic heterocycles. The van der Waals surface area contributed by atoms with Gasteiger partial charge in [0.25, 0.3) is 0 Å². The van der Waals surface area contributed by atoms with E-state index in [-0.39, 0.29) is 24.4 Å². The van der Waals surface area contributed by atoms with Gasteiger partial charge < -0.3 is 11.1 Å². The molecule has 0 radical (unpaired) electrons. The average molecular weight is 377 g/mol. The van der Waals surface area contributed by atoms with Gasteiger partial charge in [-0.05, 0) is 43.2 Å². The molecule has 0 aliphatic heterocycles. The van der Waals surface area contributed by atoms with Crippen LogP contribution in [0.15, 0.2) is 24.3 Å². The summed E-state index contributed by atoms with van der Waals surface area (Å²) in [5, 5.41) is 2.90. The molecular formula is C18H24ClF3N2O. The summed E-state index contributed by atoms with van der Waals surface area (Å²) in [6.07, 6.45) is 0.639. The van der Waals surface area contributed by atoms with Crippen molar-refractivity contribution in [3.63, 3.8) is 0 Å². The van der Waals surface area contributed by atoms with Gasteiger partial charge >= 0.3 is 6.18 Å². The first-order valence-electron chi connectivity index (χ1n) is 8.54. The maximum Gasteiger partial charge on any atom is 0.416 e. The van der Waals surface area contributed by atoms with E-state index in [0.717, 1.165) is 37.8 Å². The lowest BCUT2D eigenvalue weighted by atomic mass is 9.77. The Morgan fingerprint density at radius 3 is 2.48 bits per heavy atom. The number of carbonyl (C=O) groups is 1.